The summed E-state index contributed by atoms with van der Waals surface area (Å²) in [5.74, 6) is -0.850. The Morgan fingerprint density at radius 1 is 1.10 bits per heavy atom. The molecule has 1 heterocycles. The number of hydrogen-bond acceptors (Lipinski definition) is 5. The van der Waals surface area contributed by atoms with Crippen LogP contribution >= 0.6 is 0 Å². The molecule has 1 aliphatic rings. The van der Waals surface area contributed by atoms with E-state index in [2.05, 4.69) is 10.1 Å². The lowest BCUT2D eigenvalue weighted by Crippen LogP contribution is -2.49. The van der Waals surface area contributed by atoms with Crippen molar-refractivity contribution in [3.63, 3.8) is 0 Å². The Hall–Kier alpha value is -3.35. The van der Waals surface area contributed by atoms with Gasteiger partial charge in [0.05, 0.1) is 26.2 Å². The topological polar surface area (TPSA) is 84.9 Å². The zero-order valence-corrected chi connectivity index (χ0v) is 17.4. The molecule has 158 valence electrons. The maximum absolute atomic E-state index is 13.0. The van der Waals surface area contributed by atoms with Gasteiger partial charge in [-0.15, -0.1) is 0 Å². The molecule has 2 unspecified atom stereocenters. The van der Waals surface area contributed by atoms with E-state index in [0.717, 1.165) is 11.1 Å². The second-order valence-corrected chi connectivity index (χ2v) is 7.23. The van der Waals surface area contributed by atoms with Crippen molar-refractivity contribution >= 4 is 23.5 Å². The number of amides is 2. The van der Waals surface area contributed by atoms with Crippen LogP contribution in [0.5, 0.6) is 5.75 Å². The van der Waals surface area contributed by atoms with Gasteiger partial charge < -0.3 is 19.7 Å². The van der Waals surface area contributed by atoms with Gasteiger partial charge in [-0.25, -0.2) is 0 Å². The molecule has 1 N–H and O–H groups in total. The van der Waals surface area contributed by atoms with Crippen LogP contribution in [0.4, 0.5) is 5.69 Å². The highest BCUT2D eigenvalue weighted by Gasteiger charge is 2.42. The molecule has 1 aliphatic heterocycles. The number of aryl methyl sites for hydroxylation is 1. The molecule has 0 aliphatic carbocycles. The van der Waals surface area contributed by atoms with Crippen LogP contribution in [0.1, 0.15) is 30.0 Å². The summed E-state index contributed by atoms with van der Waals surface area (Å²) in [5.41, 5.74) is 2.53. The molecule has 0 bridgehead atoms. The predicted molar refractivity (Wildman–Crippen MR) is 112 cm³/mol. The normalized spacial score (nSPS) is 18.6. The first-order chi connectivity index (χ1) is 14.5. The quantitative estimate of drug-likeness (QED) is 0.741. The minimum absolute atomic E-state index is 0.0632. The van der Waals surface area contributed by atoms with Gasteiger partial charge in [0.2, 0.25) is 11.8 Å². The molecule has 30 heavy (non-hydrogen) atoms. The Balaban J connectivity index is 2.05. The van der Waals surface area contributed by atoms with E-state index < -0.39 is 17.9 Å². The number of carbonyl (C=O) groups is 3. The van der Waals surface area contributed by atoms with Crippen molar-refractivity contribution in [2.45, 2.75) is 25.8 Å². The second-order valence-electron chi connectivity index (χ2n) is 7.23. The van der Waals surface area contributed by atoms with Gasteiger partial charge in [-0.2, -0.15) is 0 Å². The zero-order chi connectivity index (χ0) is 21.7. The number of piperidine rings is 1. The van der Waals surface area contributed by atoms with Crippen LogP contribution in [0.2, 0.25) is 0 Å². The first kappa shape index (κ1) is 21.4. The molecule has 2 atom stereocenters. The highest BCUT2D eigenvalue weighted by atomic mass is 16.5. The van der Waals surface area contributed by atoms with Gasteiger partial charge >= 0.3 is 5.97 Å². The summed E-state index contributed by atoms with van der Waals surface area (Å²) >= 11 is 0. The van der Waals surface area contributed by atoms with Gasteiger partial charge in [-0.05, 0) is 31.5 Å². The number of nitrogens with zero attached hydrogens (tertiary/aromatic N) is 1. The van der Waals surface area contributed by atoms with Crippen molar-refractivity contribution < 1.29 is 23.9 Å². The molecule has 7 heteroatoms. The minimum atomic E-state index is -0.567. The molecular weight excluding hydrogens is 384 g/mol. The monoisotopic (exact) mass is 410 g/mol. The van der Waals surface area contributed by atoms with E-state index in [1.807, 2.05) is 55.5 Å². The van der Waals surface area contributed by atoms with Gasteiger partial charge in [0, 0.05) is 17.7 Å². The molecule has 2 aromatic carbocycles. The minimum Gasteiger partial charge on any atom is -0.496 e. The fraction of sp³-hybridized carbons (Fsp3) is 0.348. The van der Waals surface area contributed by atoms with E-state index in [0.29, 0.717) is 17.9 Å². The summed E-state index contributed by atoms with van der Waals surface area (Å²) in [6, 6.07) is 14.4. The Morgan fingerprint density at radius 2 is 1.80 bits per heavy atom. The first-order valence-corrected chi connectivity index (χ1v) is 9.82. The lowest BCUT2D eigenvalue weighted by atomic mass is 9.82. The van der Waals surface area contributed by atoms with Crippen LogP contribution in [0.25, 0.3) is 0 Å². The number of anilines is 1. The molecule has 3 rings (SSSR count). The number of ether oxygens (including phenoxy) is 2. The van der Waals surface area contributed by atoms with Crippen molar-refractivity contribution in [3.05, 3.63) is 59.7 Å². The molecule has 2 amide bonds. The number of para-hydroxylation sites is 1. The molecule has 1 saturated heterocycles. The van der Waals surface area contributed by atoms with E-state index in [4.69, 9.17) is 4.74 Å². The van der Waals surface area contributed by atoms with Crippen LogP contribution in [-0.2, 0) is 19.1 Å². The van der Waals surface area contributed by atoms with Crippen LogP contribution in [-0.4, -0.2) is 38.5 Å². The van der Waals surface area contributed by atoms with Crippen LogP contribution in [0.15, 0.2) is 48.5 Å². The van der Waals surface area contributed by atoms with E-state index in [-0.39, 0.29) is 24.8 Å². The van der Waals surface area contributed by atoms with E-state index in [1.165, 1.54) is 7.11 Å². The average molecular weight is 410 g/mol. The molecule has 2 aromatic rings. The lowest BCUT2D eigenvalue weighted by Gasteiger charge is -2.41. The van der Waals surface area contributed by atoms with Crippen LogP contribution in [0.3, 0.4) is 0 Å². The lowest BCUT2D eigenvalue weighted by molar-refractivity contribution is -0.142. The number of methoxy groups -OCH3 is 2. The average Bonchev–Trinajstić information content (AvgIpc) is 2.77. The highest BCUT2D eigenvalue weighted by Crippen LogP contribution is 2.43. The molecular formula is C23H26N2O5. The third-order valence-corrected chi connectivity index (χ3v) is 5.34. The summed E-state index contributed by atoms with van der Waals surface area (Å²) in [5, 5.41) is 2.64. The summed E-state index contributed by atoms with van der Waals surface area (Å²) in [7, 11) is 2.83. The molecule has 0 radical (unpaired) electrons. The van der Waals surface area contributed by atoms with Crippen molar-refractivity contribution in [1.82, 2.24) is 5.32 Å². The Kier molecular flexibility index (Phi) is 6.72. The maximum atomic E-state index is 13.0. The maximum Gasteiger partial charge on any atom is 0.325 e. The van der Waals surface area contributed by atoms with Gasteiger partial charge in [0.1, 0.15) is 12.3 Å². The van der Waals surface area contributed by atoms with Gasteiger partial charge in [-0.3, -0.25) is 14.4 Å². The standard InChI is InChI=1S/C23H26N2O5/c1-15-8-10-16(11-9-15)25-20(26)13-12-18(23(28)24-14-21(27)30-3)22(25)17-6-4-5-7-19(17)29-2/h4-11,18,22H,12-14H2,1-3H3,(H,24,28). The SMILES string of the molecule is COC(=O)CNC(=O)C1CCC(=O)N(c2ccc(C)cc2)C1c1ccccc1OC. The van der Waals surface area contributed by atoms with E-state index >= 15 is 0 Å². The molecule has 0 saturated carbocycles. The smallest absolute Gasteiger partial charge is 0.325 e. The summed E-state index contributed by atoms with van der Waals surface area (Å²) in [4.78, 5) is 39.2. The molecule has 1 fully saturated rings. The number of esters is 1. The fourth-order valence-corrected chi connectivity index (χ4v) is 3.81. The number of hydrogen-bond donors (Lipinski definition) is 1. The van der Waals surface area contributed by atoms with E-state index in [9.17, 15) is 14.4 Å². The number of benzene rings is 2. The van der Waals surface area contributed by atoms with Crippen molar-refractivity contribution in [3.8, 4) is 5.75 Å². The molecule has 7 nitrogen and oxygen atoms in total. The van der Waals surface area contributed by atoms with Crippen molar-refractivity contribution in [1.29, 1.82) is 0 Å². The number of carbonyl (C=O) groups excluding carboxylic acids is 3. The second kappa shape index (κ2) is 9.43. The van der Waals surface area contributed by atoms with Gasteiger partial charge in [0.25, 0.3) is 0 Å². The Labute approximate surface area is 176 Å². The summed E-state index contributed by atoms with van der Waals surface area (Å²) < 4.78 is 10.2. The van der Waals surface area contributed by atoms with Gasteiger partial charge in [-0.1, -0.05) is 35.9 Å². The number of rotatable bonds is 6. The third-order valence-electron chi connectivity index (χ3n) is 5.34. The first-order valence-electron chi connectivity index (χ1n) is 9.82. The Bertz CT molecular complexity index is 925. The predicted octanol–water partition coefficient (Wildman–Crippen LogP) is 2.78. The zero-order valence-electron chi connectivity index (χ0n) is 17.4. The largest absolute Gasteiger partial charge is 0.496 e. The van der Waals surface area contributed by atoms with Crippen molar-refractivity contribution in [2.75, 3.05) is 25.7 Å². The van der Waals surface area contributed by atoms with Crippen LogP contribution < -0.4 is 15.0 Å². The molecule has 0 aromatic heterocycles. The third kappa shape index (κ3) is 4.45. The van der Waals surface area contributed by atoms with E-state index in [1.54, 1.807) is 12.0 Å². The summed E-state index contributed by atoms with van der Waals surface area (Å²) in [6.45, 7) is 1.76. The summed E-state index contributed by atoms with van der Waals surface area (Å²) in [6.07, 6.45) is 0.604. The van der Waals surface area contributed by atoms with Gasteiger partial charge in [0.15, 0.2) is 0 Å². The number of nitrogens with one attached hydrogen (secondary N) is 1. The molecule has 0 spiro atoms. The Morgan fingerprint density at radius 3 is 2.47 bits per heavy atom. The van der Waals surface area contributed by atoms with Crippen molar-refractivity contribution in [2.24, 2.45) is 5.92 Å². The fourth-order valence-electron chi connectivity index (χ4n) is 3.81. The van der Waals surface area contributed by atoms with Crippen LogP contribution in [0, 0.1) is 12.8 Å². The highest BCUT2D eigenvalue weighted by molar-refractivity contribution is 5.98.